The van der Waals surface area contributed by atoms with Crippen molar-refractivity contribution in [2.24, 2.45) is 0 Å². The number of aromatic nitrogens is 1. The average Bonchev–Trinajstić information content (AvgIpc) is 2.87. The van der Waals surface area contributed by atoms with Crippen LogP contribution in [0.2, 0.25) is 0 Å². The molecule has 0 unspecified atom stereocenters. The molecule has 2 aromatic rings. The first kappa shape index (κ1) is 18.5. The maximum atomic E-state index is 12.3. The number of hydrogen-bond donors (Lipinski definition) is 1. The molecule has 0 saturated carbocycles. The summed E-state index contributed by atoms with van der Waals surface area (Å²) in [6, 6.07) is 14.3. The molecule has 1 aromatic carbocycles. The lowest BCUT2D eigenvalue weighted by molar-refractivity contribution is -0.117. The second-order valence-electron chi connectivity index (χ2n) is 6.45. The molecule has 1 aromatic heterocycles. The first-order chi connectivity index (χ1) is 11.9. The van der Waals surface area contributed by atoms with Crippen LogP contribution < -0.4 is 5.32 Å². The van der Waals surface area contributed by atoms with Crippen LogP contribution in [-0.4, -0.2) is 17.0 Å². The van der Waals surface area contributed by atoms with Gasteiger partial charge >= 0.3 is 0 Å². The second-order valence-corrected chi connectivity index (χ2v) is 6.45. The lowest BCUT2D eigenvalue weighted by Gasteiger charge is -2.13. The Morgan fingerprint density at radius 2 is 1.96 bits per heavy atom. The summed E-state index contributed by atoms with van der Waals surface area (Å²) < 4.78 is 2.20. The molecule has 1 amide bonds. The van der Waals surface area contributed by atoms with Crippen molar-refractivity contribution < 1.29 is 4.79 Å². The molecule has 1 heterocycles. The van der Waals surface area contributed by atoms with Gasteiger partial charge in [-0.3, -0.25) is 4.79 Å². The van der Waals surface area contributed by atoms with E-state index in [-0.39, 0.29) is 11.5 Å². The predicted octanol–water partition coefficient (Wildman–Crippen LogP) is 3.95. The highest BCUT2D eigenvalue weighted by Crippen LogP contribution is 2.22. The number of nitrogens with one attached hydrogen (secondary N) is 1. The summed E-state index contributed by atoms with van der Waals surface area (Å²) in [5, 5.41) is 12.2. The van der Waals surface area contributed by atoms with Crippen LogP contribution in [0.3, 0.4) is 0 Å². The number of carbonyl (C=O) groups is 1. The van der Waals surface area contributed by atoms with Crippen molar-refractivity contribution >= 4 is 12.0 Å². The third-order valence-electron chi connectivity index (χ3n) is 4.25. The molecular weight excluding hydrogens is 310 g/mol. The van der Waals surface area contributed by atoms with Crippen LogP contribution in [0.25, 0.3) is 6.08 Å². The van der Waals surface area contributed by atoms with Gasteiger partial charge < -0.3 is 9.88 Å². The van der Waals surface area contributed by atoms with E-state index < -0.39 is 0 Å². The van der Waals surface area contributed by atoms with E-state index in [1.807, 2.05) is 56.3 Å². The van der Waals surface area contributed by atoms with Crippen molar-refractivity contribution in [1.29, 1.82) is 5.26 Å². The minimum atomic E-state index is -0.326. The molecule has 0 saturated heterocycles. The van der Waals surface area contributed by atoms with E-state index in [0.717, 1.165) is 28.9 Å². The second kappa shape index (κ2) is 8.34. The van der Waals surface area contributed by atoms with E-state index in [2.05, 4.69) is 23.7 Å². The van der Waals surface area contributed by atoms with E-state index in [1.165, 1.54) is 0 Å². The highest BCUT2D eigenvalue weighted by molar-refractivity contribution is 6.01. The summed E-state index contributed by atoms with van der Waals surface area (Å²) in [6.07, 6.45) is 2.42. The molecular formula is C21H25N3O. The Labute approximate surface area is 149 Å². The zero-order chi connectivity index (χ0) is 18.4. The number of hydrogen-bond acceptors (Lipinski definition) is 2. The molecule has 0 aliphatic carbocycles. The average molecular weight is 335 g/mol. The van der Waals surface area contributed by atoms with E-state index in [4.69, 9.17) is 0 Å². The number of rotatable bonds is 6. The zero-order valence-corrected chi connectivity index (χ0v) is 15.3. The monoisotopic (exact) mass is 335 g/mol. The van der Waals surface area contributed by atoms with Crippen molar-refractivity contribution in [2.75, 3.05) is 6.54 Å². The first-order valence-electron chi connectivity index (χ1n) is 8.56. The first-order valence-corrected chi connectivity index (χ1v) is 8.56. The standard InChI is InChI=1S/C21H25N3O/c1-15(2)24-16(3)12-19(17(24)4)13-20(14-22)21(25)23-11-10-18-8-6-5-7-9-18/h5-9,12-13,15H,10-11H2,1-4H3,(H,23,25)/b20-13+. The molecule has 0 bridgehead atoms. The van der Waals surface area contributed by atoms with Gasteiger partial charge in [0.2, 0.25) is 0 Å². The van der Waals surface area contributed by atoms with Crippen LogP contribution in [0.5, 0.6) is 0 Å². The molecule has 0 atom stereocenters. The number of carbonyl (C=O) groups excluding carboxylic acids is 1. The summed E-state index contributed by atoms with van der Waals surface area (Å²) in [6.45, 7) is 8.80. The summed E-state index contributed by atoms with van der Waals surface area (Å²) in [4.78, 5) is 12.3. The molecule has 0 aliphatic rings. The number of aryl methyl sites for hydroxylation is 1. The van der Waals surface area contributed by atoms with E-state index in [0.29, 0.717) is 12.6 Å². The summed E-state index contributed by atoms with van der Waals surface area (Å²) in [5.41, 5.74) is 4.40. The number of nitrogens with zero attached hydrogens (tertiary/aromatic N) is 2. The number of nitriles is 1. The van der Waals surface area contributed by atoms with Crippen LogP contribution in [-0.2, 0) is 11.2 Å². The molecule has 0 spiro atoms. The van der Waals surface area contributed by atoms with Crippen molar-refractivity contribution in [2.45, 2.75) is 40.2 Å². The van der Waals surface area contributed by atoms with Crippen molar-refractivity contribution in [3.05, 3.63) is 64.5 Å². The van der Waals surface area contributed by atoms with Gasteiger partial charge in [-0.1, -0.05) is 30.3 Å². The largest absolute Gasteiger partial charge is 0.351 e. The Morgan fingerprint density at radius 1 is 1.28 bits per heavy atom. The van der Waals surface area contributed by atoms with Crippen molar-refractivity contribution in [1.82, 2.24) is 9.88 Å². The van der Waals surface area contributed by atoms with Gasteiger partial charge in [-0.05, 0) is 57.4 Å². The lowest BCUT2D eigenvalue weighted by Crippen LogP contribution is -2.26. The molecule has 0 aliphatic heterocycles. The maximum Gasteiger partial charge on any atom is 0.261 e. The quantitative estimate of drug-likeness (QED) is 0.642. The summed E-state index contributed by atoms with van der Waals surface area (Å²) in [5.74, 6) is -0.326. The van der Waals surface area contributed by atoms with E-state index >= 15 is 0 Å². The Morgan fingerprint density at radius 3 is 2.52 bits per heavy atom. The molecule has 4 heteroatoms. The molecule has 25 heavy (non-hydrogen) atoms. The molecule has 0 fully saturated rings. The van der Waals surface area contributed by atoms with Gasteiger partial charge in [-0.15, -0.1) is 0 Å². The molecule has 1 N–H and O–H groups in total. The minimum Gasteiger partial charge on any atom is -0.351 e. The van der Waals surface area contributed by atoms with Crippen LogP contribution in [0, 0.1) is 25.2 Å². The summed E-state index contributed by atoms with van der Waals surface area (Å²) in [7, 11) is 0. The molecule has 130 valence electrons. The Bertz CT molecular complexity index is 808. The smallest absolute Gasteiger partial charge is 0.261 e. The van der Waals surface area contributed by atoms with Gasteiger partial charge in [0.15, 0.2) is 0 Å². The zero-order valence-electron chi connectivity index (χ0n) is 15.3. The van der Waals surface area contributed by atoms with Crippen LogP contribution in [0.4, 0.5) is 0 Å². The third kappa shape index (κ3) is 4.60. The highest BCUT2D eigenvalue weighted by atomic mass is 16.1. The maximum absolute atomic E-state index is 12.3. The lowest BCUT2D eigenvalue weighted by atomic mass is 10.1. The van der Waals surface area contributed by atoms with Gasteiger partial charge in [-0.25, -0.2) is 0 Å². The van der Waals surface area contributed by atoms with E-state index in [9.17, 15) is 10.1 Å². The Balaban J connectivity index is 2.08. The van der Waals surface area contributed by atoms with Crippen LogP contribution in [0.15, 0.2) is 42.0 Å². The fraction of sp³-hybridized carbons (Fsp3) is 0.333. The fourth-order valence-electron chi connectivity index (χ4n) is 3.11. The van der Waals surface area contributed by atoms with Crippen LogP contribution in [0.1, 0.15) is 42.4 Å². The third-order valence-corrected chi connectivity index (χ3v) is 4.25. The number of benzene rings is 1. The van der Waals surface area contributed by atoms with Gasteiger partial charge in [0.25, 0.3) is 5.91 Å². The molecule has 2 rings (SSSR count). The van der Waals surface area contributed by atoms with Gasteiger partial charge in [0.05, 0.1) is 0 Å². The van der Waals surface area contributed by atoms with Gasteiger partial charge in [-0.2, -0.15) is 5.26 Å². The Hall–Kier alpha value is -2.80. The topological polar surface area (TPSA) is 57.8 Å². The SMILES string of the molecule is Cc1cc(/C=C(\C#N)C(=O)NCCc2ccccc2)c(C)n1C(C)C. The fourth-order valence-corrected chi connectivity index (χ4v) is 3.11. The normalized spacial score (nSPS) is 11.4. The number of amides is 1. The van der Waals surface area contributed by atoms with E-state index in [1.54, 1.807) is 6.08 Å². The van der Waals surface area contributed by atoms with Gasteiger partial charge in [0.1, 0.15) is 11.6 Å². The van der Waals surface area contributed by atoms with Crippen molar-refractivity contribution in [3.63, 3.8) is 0 Å². The molecule has 4 nitrogen and oxygen atoms in total. The highest BCUT2D eigenvalue weighted by Gasteiger charge is 2.13. The van der Waals surface area contributed by atoms with Crippen molar-refractivity contribution in [3.8, 4) is 6.07 Å². The minimum absolute atomic E-state index is 0.136. The Kier molecular flexibility index (Phi) is 6.19. The predicted molar refractivity (Wildman–Crippen MR) is 101 cm³/mol. The molecule has 0 radical (unpaired) electrons. The van der Waals surface area contributed by atoms with Gasteiger partial charge in [0, 0.05) is 24.0 Å². The summed E-state index contributed by atoms with van der Waals surface area (Å²) >= 11 is 0. The van der Waals surface area contributed by atoms with Crippen LogP contribution >= 0.6 is 0 Å².